The molecule has 3 aliphatic rings. The van der Waals surface area contributed by atoms with Gasteiger partial charge < -0.3 is 15.5 Å². The summed E-state index contributed by atoms with van der Waals surface area (Å²) in [6.45, 7) is 5.44. The number of benzene rings is 1. The van der Waals surface area contributed by atoms with E-state index in [0.29, 0.717) is 37.0 Å². The topological polar surface area (TPSA) is 90.5 Å². The molecule has 7 nitrogen and oxygen atoms in total. The highest BCUT2D eigenvalue weighted by atomic mass is 16.2. The van der Waals surface area contributed by atoms with Crippen LogP contribution in [0.2, 0.25) is 0 Å². The SMILES string of the molecule is CC1CNCCC1NCc1cccc2c1CN(C1CCC(=O)NC1=O)C2=O. The molecule has 3 atom stereocenters. The lowest BCUT2D eigenvalue weighted by atomic mass is 9.94. The number of amides is 3. The number of nitrogens with one attached hydrogen (secondary N) is 3. The first-order chi connectivity index (χ1) is 13.0. The summed E-state index contributed by atoms with van der Waals surface area (Å²) >= 11 is 0. The number of nitrogens with zero attached hydrogens (tertiary/aromatic N) is 1. The van der Waals surface area contributed by atoms with Crippen LogP contribution in [0.1, 0.15) is 47.7 Å². The highest BCUT2D eigenvalue weighted by Crippen LogP contribution is 2.30. The van der Waals surface area contributed by atoms with E-state index in [1.807, 2.05) is 12.1 Å². The molecule has 1 aromatic rings. The van der Waals surface area contributed by atoms with Gasteiger partial charge in [0.2, 0.25) is 11.8 Å². The van der Waals surface area contributed by atoms with Gasteiger partial charge in [-0.25, -0.2) is 0 Å². The van der Waals surface area contributed by atoms with E-state index < -0.39 is 6.04 Å². The van der Waals surface area contributed by atoms with E-state index in [9.17, 15) is 14.4 Å². The maximum atomic E-state index is 12.9. The number of fused-ring (bicyclic) bond motifs is 1. The third kappa shape index (κ3) is 3.49. The molecule has 3 N–H and O–H groups in total. The van der Waals surface area contributed by atoms with Crippen LogP contribution in [0.4, 0.5) is 0 Å². The molecule has 0 aromatic heterocycles. The van der Waals surface area contributed by atoms with Gasteiger partial charge in [-0.05, 0) is 49.0 Å². The van der Waals surface area contributed by atoms with E-state index in [-0.39, 0.29) is 24.1 Å². The number of rotatable bonds is 4. The maximum Gasteiger partial charge on any atom is 0.255 e. The van der Waals surface area contributed by atoms with Crippen LogP contribution in [0.25, 0.3) is 0 Å². The van der Waals surface area contributed by atoms with Crippen molar-refractivity contribution in [3.8, 4) is 0 Å². The summed E-state index contributed by atoms with van der Waals surface area (Å²) in [5, 5.41) is 9.40. The van der Waals surface area contributed by atoms with Crippen molar-refractivity contribution in [2.45, 2.75) is 51.4 Å². The van der Waals surface area contributed by atoms with Crippen molar-refractivity contribution in [2.24, 2.45) is 5.92 Å². The first-order valence-electron chi connectivity index (χ1n) is 9.74. The second-order valence-corrected chi connectivity index (χ2v) is 7.80. The predicted molar refractivity (Wildman–Crippen MR) is 99.8 cm³/mol. The average Bonchev–Trinajstić information content (AvgIpc) is 2.98. The maximum absolute atomic E-state index is 12.9. The summed E-state index contributed by atoms with van der Waals surface area (Å²) in [6, 6.07) is 5.70. The summed E-state index contributed by atoms with van der Waals surface area (Å²) in [4.78, 5) is 38.1. The van der Waals surface area contributed by atoms with Gasteiger partial charge in [0.25, 0.3) is 5.91 Å². The van der Waals surface area contributed by atoms with Crippen molar-refractivity contribution in [3.63, 3.8) is 0 Å². The predicted octanol–water partition coefficient (Wildman–Crippen LogP) is 0.535. The summed E-state index contributed by atoms with van der Waals surface area (Å²) in [5.41, 5.74) is 2.79. The third-order valence-electron chi connectivity index (χ3n) is 6.02. The fourth-order valence-electron chi connectivity index (χ4n) is 4.37. The molecular weight excluding hydrogens is 344 g/mol. The van der Waals surface area contributed by atoms with Crippen LogP contribution in [0.15, 0.2) is 18.2 Å². The highest BCUT2D eigenvalue weighted by Gasteiger charge is 2.39. The summed E-state index contributed by atoms with van der Waals surface area (Å²) < 4.78 is 0. The van der Waals surface area contributed by atoms with Crippen molar-refractivity contribution >= 4 is 17.7 Å². The molecule has 0 bridgehead atoms. The summed E-state index contributed by atoms with van der Waals surface area (Å²) in [7, 11) is 0. The fourth-order valence-corrected chi connectivity index (χ4v) is 4.37. The molecule has 0 radical (unpaired) electrons. The van der Waals surface area contributed by atoms with Crippen molar-refractivity contribution < 1.29 is 14.4 Å². The minimum atomic E-state index is -0.562. The second-order valence-electron chi connectivity index (χ2n) is 7.80. The van der Waals surface area contributed by atoms with E-state index in [1.165, 1.54) is 0 Å². The van der Waals surface area contributed by atoms with Crippen LogP contribution in [0.3, 0.4) is 0 Å². The molecule has 3 heterocycles. The van der Waals surface area contributed by atoms with Crippen LogP contribution in [-0.2, 0) is 22.7 Å². The van der Waals surface area contributed by atoms with Gasteiger partial charge in [0.15, 0.2) is 0 Å². The van der Waals surface area contributed by atoms with E-state index >= 15 is 0 Å². The fraction of sp³-hybridized carbons (Fsp3) is 0.550. The Morgan fingerprint density at radius 2 is 2.07 bits per heavy atom. The molecule has 3 unspecified atom stereocenters. The van der Waals surface area contributed by atoms with Crippen LogP contribution >= 0.6 is 0 Å². The second kappa shape index (κ2) is 7.40. The molecule has 1 aromatic carbocycles. The van der Waals surface area contributed by atoms with Gasteiger partial charge in [0.05, 0.1) is 0 Å². The van der Waals surface area contributed by atoms with E-state index in [2.05, 4.69) is 28.9 Å². The molecule has 27 heavy (non-hydrogen) atoms. The smallest absolute Gasteiger partial charge is 0.255 e. The van der Waals surface area contributed by atoms with Crippen molar-refractivity contribution in [1.82, 2.24) is 20.9 Å². The quantitative estimate of drug-likeness (QED) is 0.673. The van der Waals surface area contributed by atoms with Gasteiger partial charge in [-0.1, -0.05) is 19.1 Å². The van der Waals surface area contributed by atoms with Gasteiger partial charge in [0.1, 0.15) is 6.04 Å². The Morgan fingerprint density at radius 1 is 1.22 bits per heavy atom. The zero-order chi connectivity index (χ0) is 19.0. The monoisotopic (exact) mass is 370 g/mol. The van der Waals surface area contributed by atoms with Crippen molar-refractivity contribution in [3.05, 3.63) is 34.9 Å². The lowest BCUT2D eigenvalue weighted by Crippen LogP contribution is -2.52. The molecule has 3 aliphatic heterocycles. The van der Waals surface area contributed by atoms with Gasteiger partial charge >= 0.3 is 0 Å². The van der Waals surface area contributed by atoms with Gasteiger partial charge in [-0.3, -0.25) is 19.7 Å². The Bertz CT molecular complexity index is 778. The average molecular weight is 370 g/mol. The van der Waals surface area contributed by atoms with Gasteiger partial charge in [0, 0.05) is 31.1 Å². The minimum Gasteiger partial charge on any atom is -0.322 e. The summed E-state index contributed by atoms with van der Waals surface area (Å²) in [5.74, 6) is -0.175. The first-order valence-corrected chi connectivity index (χ1v) is 9.74. The van der Waals surface area contributed by atoms with Crippen LogP contribution < -0.4 is 16.0 Å². The van der Waals surface area contributed by atoms with Crippen molar-refractivity contribution in [1.29, 1.82) is 0 Å². The van der Waals surface area contributed by atoms with Crippen LogP contribution in [0, 0.1) is 5.92 Å². The number of imide groups is 1. The normalized spacial score (nSPS) is 28.3. The first kappa shape index (κ1) is 18.1. The van der Waals surface area contributed by atoms with Gasteiger partial charge in [-0.15, -0.1) is 0 Å². The Balaban J connectivity index is 1.49. The van der Waals surface area contributed by atoms with Gasteiger partial charge in [-0.2, -0.15) is 0 Å². The Morgan fingerprint density at radius 3 is 2.85 bits per heavy atom. The Labute approximate surface area is 158 Å². The number of carbonyl (C=O) groups excluding carboxylic acids is 3. The molecule has 2 fully saturated rings. The molecule has 3 amide bonds. The zero-order valence-electron chi connectivity index (χ0n) is 15.6. The number of carbonyl (C=O) groups is 3. The minimum absolute atomic E-state index is 0.114. The molecule has 0 aliphatic carbocycles. The molecule has 144 valence electrons. The molecule has 2 saturated heterocycles. The largest absolute Gasteiger partial charge is 0.322 e. The van der Waals surface area contributed by atoms with Crippen molar-refractivity contribution in [2.75, 3.05) is 13.1 Å². The Hall–Kier alpha value is -2.25. The lowest BCUT2D eigenvalue weighted by Gasteiger charge is -2.31. The number of hydrogen-bond donors (Lipinski definition) is 3. The van der Waals surface area contributed by atoms with E-state index in [1.54, 1.807) is 4.90 Å². The third-order valence-corrected chi connectivity index (χ3v) is 6.02. The molecule has 0 spiro atoms. The number of hydrogen-bond acceptors (Lipinski definition) is 5. The van der Waals surface area contributed by atoms with Crippen LogP contribution in [0.5, 0.6) is 0 Å². The Kier molecular flexibility index (Phi) is 4.97. The number of piperidine rings is 2. The molecule has 0 saturated carbocycles. The standard InChI is InChI=1S/C20H26N4O3/c1-12-9-21-8-7-16(12)22-10-13-3-2-4-14-15(13)11-24(20(14)27)17-5-6-18(25)23-19(17)26/h2-4,12,16-17,21-22H,5-11H2,1H3,(H,23,25,26). The van der Waals surface area contributed by atoms with E-state index in [4.69, 9.17) is 0 Å². The zero-order valence-corrected chi connectivity index (χ0v) is 15.6. The molecule has 7 heteroatoms. The highest BCUT2D eigenvalue weighted by molar-refractivity contribution is 6.05. The molecule has 4 rings (SSSR count). The van der Waals surface area contributed by atoms with Crippen LogP contribution in [-0.4, -0.2) is 47.8 Å². The van der Waals surface area contributed by atoms with E-state index in [0.717, 1.165) is 30.6 Å². The molecular formula is C20H26N4O3. The summed E-state index contributed by atoms with van der Waals surface area (Å²) in [6.07, 6.45) is 1.76. The lowest BCUT2D eigenvalue weighted by molar-refractivity contribution is -0.136.